The van der Waals surface area contributed by atoms with Gasteiger partial charge in [0.05, 0.1) is 5.38 Å². The molecule has 0 radical (unpaired) electrons. The van der Waals surface area contributed by atoms with E-state index >= 15 is 0 Å². The van der Waals surface area contributed by atoms with Crippen molar-refractivity contribution in [2.45, 2.75) is 44.4 Å². The van der Waals surface area contributed by atoms with Gasteiger partial charge in [-0.3, -0.25) is 0 Å². The van der Waals surface area contributed by atoms with Crippen LogP contribution in [0.3, 0.4) is 0 Å². The van der Waals surface area contributed by atoms with Gasteiger partial charge in [-0.15, -0.1) is 22.9 Å². The lowest BCUT2D eigenvalue weighted by Gasteiger charge is -2.23. The first kappa shape index (κ1) is 12.5. The van der Waals surface area contributed by atoms with Crippen LogP contribution in [-0.4, -0.2) is 0 Å². The van der Waals surface area contributed by atoms with Crippen molar-refractivity contribution in [2.24, 2.45) is 17.8 Å². The minimum atomic E-state index is 0.231. The Labute approximate surface area is 121 Å². The number of hydrogen-bond donors (Lipinski definition) is 0. The largest absolute Gasteiger partial charge is 0.143 e. The Morgan fingerprint density at radius 2 is 2.29 bits per heavy atom. The quantitative estimate of drug-likeness (QED) is 0.602. The standard InChI is InChI=1S/C14H18BrClS/c1-8-12(15)7-14(17-8)13(16)6-11-5-9-2-3-10(11)4-9/h7,9-11,13H,2-6H2,1H3. The molecule has 1 heterocycles. The molecule has 4 unspecified atom stereocenters. The summed E-state index contributed by atoms with van der Waals surface area (Å²) >= 11 is 12.0. The maximum atomic E-state index is 6.60. The molecule has 0 amide bonds. The normalized spacial score (nSPS) is 33.2. The Morgan fingerprint density at radius 3 is 2.82 bits per heavy atom. The molecule has 0 spiro atoms. The molecule has 0 N–H and O–H groups in total. The molecule has 0 saturated heterocycles. The van der Waals surface area contributed by atoms with Gasteiger partial charge in [-0.1, -0.05) is 6.42 Å². The molecule has 2 bridgehead atoms. The number of hydrogen-bond acceptors (Lipinski definition) is 1. The molecule has 2 aliphatic rings. The molecule has 1 aromatic rings. The third-order valence-corrected chi connectivity index (χ3v) is 7.37. The SMILES string of the molecule is Cc1sc(C(Cl)CC2CC3CCC2C3)cc1Br. The van der Waals surface area contributed by atoms with Crippen molar-refractivity contribution in [2.75, 3.05) is 0 Å². The average molecular weight is 334 g/mol. The summed E-state index contributed by atoms with van der Waals surface area (Å²) in [6.07, 6.45) is 7.07. The Kier molecular flexibility index (Phi) is 3.58. The summed E-state index contributed by atoms with van der Waals surface area (Å²) in [6.45, 7) is 2.15. The van der Waals surface area contributed by atoms with Crippen molar-refractivity contribution in [3.8, 4) is 0 Å². The Bertz CT molecular complexity index is 395. The second-order valence-corrected chi connectivity index (χ2v) is 8.36. The number of fused-ring (bicyclic) bond motifs is 2. The van der Waals surface area contributed by atoms with Crippen LogP contribution in [0.5, 0.6) is 0 Å². The van der Waals surface area contributed by atoms with E-state index in [1.165, 1.54) is 46.3 Å². The molecule has 2 aliphatic carbocycles. The second kappa shape index (κ2) is 4.86. The second-order valence-electron chi connectivity index (χ2n) is 5.69. The monoisotopic (exact) mass is 332 g/mol. The molecular formula is C14H18BrClS. The first-order valence-electron chi connectivity index (χ1n) is 6.53. The molecule has 0 aliphatic heterocycles. The molecule has 1 aromatic heterocycles. The highest BCUT2D eigenvalue weighted by molar-refractivity contribution is 9.10. The van der Waals surface area contributed by atoms with Crippen molar-refractivity contribution in [1.82, 2.24) is 0 Å². The zero-order valence-electron chi connectivity index (χ0n) is 10.1. The third kappa shape index (κ3) is 2.46. The van der Waals surface area contributed by atoms with Crippen molar-refractivity contribution in [1.29, 1.82) is 0 Å². The van der Waals surface area contributed by atoms with Crippen LogP contribution in [0.1, 0.15) is 47.2 Å². The van der Waals surface area contributed by atoms with Crippen LogP contribution in [0, 0.1) is 24.7 Å². The number of thiophene rings is 1. The van der Waals surface area contributed by atoms with E-state index in [9.17, 15) is 0 Å². The summed E-state index contributed by atoms with van der Waals surface area (Å²) in [6, 6.07) is 2.21. The van der Waals surface area contributed by atoms with Crippen LogP contribution in [-0.2, 0) is 0 Å². The predicted molar refractivity (Wildman–Crippen MR) is 78.9 cm³/mol. The lowest BCUT2D eigenvalue weighted by Crippen LogP contribution is -2.12. The van der Waals surface area contributed by atoms with Gasteiger partial charge in [-0.2, -0.15) is 0 Å². The minimum absolute atomic E-state index is 0.231. The van der Waals surface area contributed by atoms with Gasteiger partial charge < -0.3 is 0 Å². The fraction of sp³-hybridized carbons (Fsp3) is 0.714. The van der Waals surface area contributed by atoms with E-state index in [2.05, 4.69) is 28.9 Å². The molecule has 2 saturated carbocycles. The van der Waals surface area contributed by atoms with E-state index in [0.717, 1.165) is 17.8 Å². The van der Waals surface area contributed by atoms with Gasteiger partial charge in [0.2, 0.25) is 0 Å². The summed E-state index contributed by atoms with van der Waals surface area (Å²) in [5.41, 5.74) is 0. The molecule has 4 atom stereocenters. The van der Waals surface area contributed by atoms with E-state index in [4.69, 9.17) is 11.6 Å². The lowest BCUT2D eigenvalue weighted by molar-refractivity contribution is 0.312. The maximum Gasteiger partial charge on any atom is 0.0681 e. The first-order chi connectivity index (χ1) is 8.13. The Hall–Kier alpha value is 0.470. The fourth-order valence-electron chi connectivity index (χ4n) is 3.68. The van der Waals surface area contributed by atoms with E-state index in [1.807, 2.05) is 11.3 Å². The number of halogens is 2. The molecule has 0 aromatic carbocycles. The highest BCUT2D eigenvalue weighted by Gasteiger charge is 2.40. The van der Waals surface area contributed by atoms with Crippen LogP contribution in [0.2, 0.25) is 0 Å². The van der Waals surface area contributed by atoms with Crippen LogP contribution < -0.4 is 0 Å². The van der Waals surface area contributed by atoms with Crippen LogP contribution in [0.15, 0.2) is 10.5 Å². The molecule has 3 rings (SSSR count). The zero-order valence-corrected chi connectivity index (χ0v) is 13.2. The summed E-state index contributed by atoms with van der Waals surface area (Å²) in [7, 11) is 0. The molecule has 2 fully saturated rings. The van der Waals surface area contributed by atoms with Gasteiger partial charge in [0.25, 0.3) is 0 Å². The predicted octanol–water partition coefficient (Wildman–Crippen LogP) is 5.93. The van der Waals surface area contributed by atoms with Crippen molar-refractivity contribution < 1.29 is 0 Å². The smallest absolute Gasteiger partial charge is 0.0681 e. The van der Waals surface area contributed by atoms with E-state index in [0.29, 0.717) is 0 Å². The average Bonchev–Trinajstić information content (AvgIpc) is 2.95. The van der Waals surface area contributed by atoms with Crippen molar-refractivity contribution in [3.05, 3.63) is 20.3 Å². The number of rotatable bonds is 3. The summed E-state index contributed by atoms with van der Waals surface area (Å²) in [4.78, 5) is 2.69. The number of alkyl halides is 1. The van der Waals surface area contributed by atoms with Gasteiger partial charge in [0, 0.05) is 14.2 Å². The Balaban J connectivity index is 1.65. The Morgan fingerprint density at radius 1 is 1.47 bits per heavy atom. The summed E-state index contributed by atoms with van der Waals surface area (Å²) in [5.74, 6) is 2.92. The zero-order chi connectivity index (χ0) is 12.0. The maximum absolute atomic E-state index is 6.60. The van der Waals surface area contributed by atoms with E-state index in [-0.39, 0.29) is 5.38 Å². The van der Waals surface area contributed by atoms with Crippen molar-refractivity contribution in [3.63, 3.8) is 0 Å². The van der Waals surface area contributed by atoms with Gasteiger partial charge in [-0.05, 0) is 72.4 Å². The highest BCUT2D eigenvalue weighted by Crippen LogP contribution is 2.52. The van der Waals surface area contributed by atoms with Crippen LogP contribution in [0.4, 0.5) is 0 Å². The van der Waals surface area contributed by atoms with Crippen molar-refractivity contribution >= 4 is 38.9 Å². The van der Waals surface area contributed by atoms with Crippen LogP contribution >= 0.6 is 38.9 Å². The molecule has 0 nitrogen and oxygen atoms in total. The van der Waals surface area contributed by atoms with Crippen LogP contribution in [0.25, 0.3) is 0 Å². The topological polar surface area (TPSA) is 0 Å². The summed E-state index contributed by atoms with van der Waals surface area (Å²) < 4.78 is 1.22. The van der Waals surface area contributed by atoms with E-state index < -0.39 is 0 Å². The molecule has 17 heavy (non-hydrogen) atoms. The van der Waals surface area contributed by atoms with E-state index in [1.54, 1.807) is 0 Å². The van der Waals surface area contributed by atoms with Gasteiger partial charge >= 0.3 is 0 Å². The van der Waals surface area contributed by atoms with Gasteiger partial charge in [-0.25, -0.2) is 0 Å². The van der Waals surface area contributed by atoms with Gasteiger partial charge in [0.15, 0.2) is 0 Å². The molecule has 94 valence electrons. The third-order valence-electron chi connectivity index (χ3n) is 4.58. The number of aryl methyl sites for hydroxylation is 1. The lowest BCUT2D eigenvalue weighted by atomic mass is 9.85. The first-order valence-corrected chi connectivity index (χ1v) is 8.58. The van der Waals surface area contributed by atoms with Gasteiger partial charge in [0.1, 0.15) is 0 Å². The molecular weight excluding hydrogens is 316 g/mol. The fourth-order valence-corrected chi connectivity index (χ4v) is 5.66. The summed E-state index contributed by atoms with van der Waals surface area (Å²) in [5, 5.41) is 0.231. The highest BCUT2D eigenvalue weighted by atomic mass is 79.9. The minimum Gasteiger partial charge on any atom is -0.143 e. The molecule has 3 heteroatoms.